The highest BCUT2D eigenvalue weighted by Crippen LogP contribution is 2.34. The highest BCUT2D eigenvalue weighted by Gasteiger charge is 2.17. The van der Waals surface area contributed by atoms with Crippen molar-refractivity contribution in [1.29, 1.82) is 0 Å². The van der Waals surface area contributed by atoms with E-state index < -0.39 is 0 Å². The van der Waals surface area contributed by atoms with Crippen LogP contribution in [-0.4, -0.2) is 0 Å². The molecule has 4 rings (SSSR count). The van der Waals surface area contributed by atoms with Crippen LogP contribution in [0.25, 0.3) is 33.2 Å². The second-order valence-electron chi connectivity index (χ2n) is 7.16. The van der Waals surface area contributed by atoms with Crippen LogP contribution in [0.2, 0.25) is 0 Å². The molecule has 0 atom stereocenters. The van der Waals surface area contributed by atoms with E-state index in [1.54, 1.807) is 0 Å². The molecule has 26 heavy (non-hydrogen) atoms. The molecule has 0 unspecified atom stereocenters. The van der Waals surface area contributed by atoms with Gasteiger partial charge < -0.3 is 0 Å². The molecule has 0 amide bonds. The van der Waals surface area contributed by atoms with Gasteiger partial charge in [-0.1, -0.05) is 54.6 Å². The summed E-state index contributed by atoms with van der Waals surface area (Å²) < 4.78 is 2.23. The average Bonchev–Trinajstić information content (AvgIpc) is 2.64. The van der Waals surface area contributed by atoms with Gasteiger partial charge in [0.2, 0.25) is 5.69 Å². The van der Waals surface area contributed by atoms with E-state index in [1.165, 1.54) is 49.8 Å². The summed E-state index contributed by atoms with van der Waals surface area (Å²) in [5.41, 5.74) is 9.05. The molecule has 0 N–H and O–H groups in total. The monoisotopic (exact) mass is 338 g/mol. The first-order valence-electron chi connectivity index (χ1n) is 9.11. The van der Waals surface area contributed by atoms with Gasteiger partial charge >= 0.3 is 0 Å². The van der Waals surface area contributed by atoms with Crippen LogP contribution < -0.4 is 4.57 Å². The van der Waals surface area contributed by atoms with Gasteiger partial charge in [0.05, 0.1) is 0 Å². The molecular formula is C25H24N+. The number of pyridine rings is 1. The summed E-state index contributed by atoms with van der Waals surface area (Å²) in [5.74, 6) is 0. The summed E-state index contributed by atoms with van der Waals surface area (Å²) in [6.07, 6.45) is 2.24. The van der Waals surface area contributed by atoms with Gasteiger partial charge in [-0.25, -0.2) is 4.57 Å². The smallest absolute Gasteiger partial charge is 0.201 e. The van der Waals surface area contributed by atoms with E-state index in [0.717, 1.165) is 0 Å². The zero-order valence-electron chi connectivity index (χ0n) is 15.9. The molecule has 0 spiro atoms. The third kappa shape index (κ3) is 2.70. The van der Waals surface area contributed by atoms with Gasteiger partial charge in [-0.15, -0.1) is 0 Å². The second kappa shape index (κ2) is 6.42. The Balaban J connectivity index is 2.01. The van der Waals surface area contributed by atoms with Crippen LogP contribution in [-0.2, 0) is 7.05 Å². The third-order valence-corrected chi connectivity index (χ3v) is 5.33. The van der Waals surface area contributed by atoms with Crippen molar-refractivity contribution < 1.29 is 4.57 Å². The van der Waals surface area contributed by atoms with Gasteiger partial charge in [0.15, 0.2) is 6.20 Å². The normalized spacial score (nSPS) is 11.1. The maximum Gasteiger partial charge on any atom is 0.213 e. The first-order chi connectivity index (χ1) is 12.6. The lowest BCUT2D eigenvalue weighted by Crippen LogP contribution is -2.31. The summed E-state index contributed by atoms with van der Waals surface area (Å²) in [4.78, 5) is 0. The van der Waals surface area contributed by atoms with Crippen molar-refractivity contribution in [2.45, 2.75) is 20.8 Å². The predicted octanol–water partition coefficient (Wildman–Crippen LogP) is 5.92. The zero-order valence-corrected chi connectivity index (χ0v) is 15.9. The van der Waals surface area contributed by atoms with E-state index in [-0.39, 0.29) is 0 Å². The van der Waals surface area contributed by atoms with Gasteiger partial charge in [0, 0.05) is 17.2 Å². The minimum Gasteiger partial charge on any atom is -0.201 e. The van der Waals surface area contributed by atoms with E-state index in [4.69, 9.17) is 0 Å². The Kier molecular flexibility index (Phi) is 4.08. The van der Waals surface area contributed by atoms with Gasteiger partial charge in [-0.2, -0.15) is 0 Å². The number of hydrogen-bond donors (Lipinski definition) is 0. The van der Waals surface area contributed by atoms with Crippen molar-refractivity contribution >= 4 is 10.8 Å². The first kappa shape index (κ1) is 16.5. The van der Waals surface area contributed by atoms with Crippen molar-refractivity contribution in [3.63, 3.8) is 0 Å². The van der Waals surface area contributed by atoms with Crippen molar-refractivity contribution in [1.82, 2.24) is 0 Å². The van der Waals surface area contributed by atoms with E-state index >= 15 is 0 Å². The van der Waals surface area contributed by atoms with Crippen molar-refractivity contribution in [2.75, 3.05) is 0 Å². The summed E-state index contributed by atoms with van der Waals surface area (Å²) >= 11 is 0. The van der Waals surface area contributed by atoms with Crippen LogP contribution in [0.4, 0.5) is 0 Å². The maximum absolute atomic E-state index is 2.34. The van der Waals surface area contributed by atoms with Gasteiger partial charge in [-0.3, -0.25) is 0 Å². The maximum atomic E-state index is 2.34. The lowest BCUT2D eigenvalue weighted by molar-refractivity contribution is -0.660. The number of nitrogens with zero attached hydrogens (tertiary/aromatic N) is 1. The van der Waals surface area contributed by atoms with Crippen LogP contribution in [0, 0.1) is 20.8 Å². The second-order valence-corrected chi connectivity index (χ2v) is 7.16. The summed E-state index contributed by atoms with van der Waals surface area (Å²) in [6.45, 7) is 6.56. The molecule has 128 valence electrons. The average molecular weight is 338 g/mol. The van der Waals surface area contributed by atoms with Crippen molar-refractivity contribution in [3.05, 3.63) is 89.6 Å². The molecule has 4 aromatic rings. The molecule has 0 saturated heterocycles. The quantitative estimate of drug-likeness (QED) is 0.399. The Morgan fingerprint density at radius 1 is 0.577 bits per heavy atom. The molecule has 0 aliphatic carbocycles. The molecular weight excluding hydrogens is 314 g/mol. The number of fused-ring (bicyclic) bond motifs is 1. The molecule has 1 nitrogen and oxygen atoms in total. The molecule has 0 saturated carbocycles. The van der Waals surface area contributed by atoms with Crippen LogP contribution in [0.1, 0.15) is 16.7 Å². The minimum atomic E-state index is 1.24. The molecule has 0 aliphatic rings. The molecule has 0 bridgehead atoms. The zero-order chi connectivity index (χ0) is 18.3. The minimum absolute atomic E-state index is 1.24. The largest absolute Gasteiger partial charge is 0.213 e. The lowest BCUT2D eigenvalue weighted by Gasteiger charge is -2.13. The van der Waals surface area contributed by atoms with Crippen LogP contribution in [0.3, 0.4) is 0 Å². The summed E-state index contributed by atoms with van der Waals surface area (Å²) in [5, 5.41) is 2.65. The third-order valence-electron chi connectivity index (χ3n) is 5.33. The Morgan fingerprint density at radius 2 is 1.27 bits per heavy atom. The molecule has 0 aliphatic heterocycles. The fourth-order valence-electron chi connectivity index (χ4n) is 3.88. The van der Waals surface area contributed by atoms with Gasteiger partial charge in [0.25, 0.3) is 0 Å². The van der Waals surface area contributed by atoms with Crippen molar-refractivity contribution in [3.8, 4) is 22.4 Å². The van der Waals surface area contributed by atoms with Gasteiger partial charge in [-0.05, 0) is 59.9 Å². The van der Waals surface area contributed by atoms with Crippen LogP contribution in [0.5, 0.6) is 0 Å². The molecule has 3 aromatic carbocycles. The van der Waals surface area contributed by atoms with Gasteiger partial charge in [0.1, 0.15) is 7.05 Å². The molecule has 1 heteroatoms. The highest BCUT2D eigenvalue weighted by atomic mass is 14.9. The fraction of sp³-hybridized carbons (Fsp3) is 0.160. The van der Waals surface area contributed by atoms with Crippen LogP contribution in [0.15, 0.2) is 72.9 Å². The number of hydrogen-bond acceptors (Lipinski definition) is 0. The molecule has 0 radical (unpaired) electrons. The van der Waals surface area contributed by atoms with E-state index in [1.807, 2.05) is 0 Å². The Morgan fingerprint density at radius 3 is 2.04 bits per heavy atom. The van der Waals surface area contributed by atoms with E-state index in [2.05, 4.69) is 105 Å². The van der Waals surface area contributed by atoms with Crippen molar-refractivity contribution in [2.24, 2.45) is 7.05 Å². The van der Waals surface area contributed by atoms with Crippen LogP contribution >= 0.6 is 0 Å². The molecule has 0 fully saturated rings. The highest BCUT2D eigenvalue weighted by molar-refractivity contribution is 5.99. The Hall–Kier alpha value is -2.93. The molecule has 1 aromatic heterocycles. The number of rotatable bonds is 2. The molecule has 1 heterocycles. The van der Waals surface area contributed by atoms with E-state index in [0.29, 0.717) is 0 Å². The Bertz CT molecular complexity index is 1120. The number of benzene rings is 3. The fourth-order valence-corrected chi connectivity index (χ4v) is 3.88. The predicted molar refractivity (Wildman–Crippen MR) is 110 cm³/mol. The first-order valence-corrected chi connectivity index (χ1v) is 9.11. The summed E-state index contributed by atoms with van der Waals surface area (Å²) in [7, 11) is 2.13. The van der Waals surface area contributed by atoms with E-state index in [9.17, 15) is 0 Å². The standard InChI is InChI=1S/C25H24N/c1-17-9-5-6-11-21(17)25-15-24(19(3)16-26(25)4)23-14-13-18(2)20-10-7-8-12-22(20)23/h5-16H,1-4H3/q+1. The Labute approximate surface area is 155 Å². The summed E-state index contributed by atoms with van der Waals surface area (Å²) in [6, 6.07) is 24.1. The number of aryl methyl sites for hydroxylation is 4. The SMILES string of the molecule is Cc1c[n+](C)c(-c2ccccc2C)cc1-c1ccc(C)c2ccccc12. The topological polar surface area (TPSA) is 3.88 Å². The number of aromatic nitrogens is 1. The lowest BCUT2D eigenvalue weighted by atomic mass is 9.92.